The zero-order valence-corrected chi connectivity index (χ0v) is 16.6. The van der Waals surface area contributed by atoms with Gasteiger partial charge in [0.05, 0.1) is 0 Å². The van der Waals surface area contributed by atoms with Gasteiger partial charge < -0.3 is 18.9 Å². The average molecular weight is 468 g/mol. The molecule has 0 amide bonds. The molecule has 0 aromatic heterocycles. The molecule has 0 spiro atoms. The highest BCUT2D eigenvalue weighted by molar-refractivity contribution is 5.76. The second kappa shape index (κ2) is 13.0. The lowest BCUT2D eigenvalue weighted by Crippen LogP contribution is -2.31. The van der Waals surface area contributed by atoms with E-state index in [1.54, 1.807) is 0 Å². The zero-order valence-electron chi connectivity index (χ0n) is 16.6. The van der Waals surface area contributed by atoms with Crippen LogP contribution in [0.25, 0.3) is 0 Å². The summed E-state index contributed by atoms with van der Waals surface area (Å²) >= 11 is 0. The van der Waals surface area contributed by atoms with Crippen molar-refractivity contribution in [1.29, 1.82) is 0 Å². The lowest BCUT2D eigenvalue weighted by molar-refractivity contribution is -0.223. The molecule has 8 nitrogen and oxygen atoms in total. The van der Waals surface area contributed by atoms with Crippen LogP contribution in [0, 0.1) is 0 Å². The standard InChI is InChI=1S/C17H22F6O8/c1-10(30-14(26)16(18,19)20)28-12(24)8-6-4-3-5-7-9-13(25)29-11(2)31-15(27)17(21,22)23/h10-11H,3-9H2,1-2H3. The van der Waals surface area contributed by atoms with E-state index < -0.39 is 48.8 Å². The first-order chi connectivity index (χ1) is 14.1. The normalized spacial score (nSPS) is 13.7. The van der Waals surface area contributed by atoms with E-state index in [9.17, 15) is 45.5 Å². The second-order valence-corrected chi connectivity index (χ2v) is 6.19. The van der Waals surface area contributed by atoms with Crippen LogP contribution in [-0.2, 0) is 38.1 Å². The first-order valence-electron chi connectivity index (χ1n) is 9.07. The third-order valence-corrected chi connectivity index (χ3v) is 3.37. The molecule has 0 saturated heterocycles. The maximum absolute atomic E-state index is 12.0. The highest BCUT2D eigenvalue weighted by atomic mass is 19.4. The van der Waals surface area contributed by atoms with Gasteiger partial charge in [0.1, 0.15) is 0 Å². The fourth-order valence-electron chi connectivity index (χ4n) is 2.04. The number of rotatable bonds is 12. The van der Waals surface area contributed by atoms with Crippen molar-refractivity contribution in [2.75, 3.05) is 0 Å². The molecule has 2 unspecified atom stereocenters. The molecule has 0 rings (SSSR count). The Hall–Kier alpha value is -2.54. The molecule has 2 atom stereocenters. The Kier molecular flexibility index (Phi) is 11.9. The summed E-state index contributed by atoms with van der Waals surface area (Å²) in [6.07, 6.45) is -11.8. The maximum atomic E-state index is 12.0. The van der Waals surface area contributed by atoms with Crippen LogP contribution in [0.1, 0.15) is 58.8 Å². The molecule has 0 aliphatic heterocycles. The summed E-state index contributed by atoms with van der Waals surface area (Å²) in [6.45, 7) is 1.93. The molecule has 0 aromatic carbocycles. The van der Waals surface area contributed by atoms with E-state index >= 15 is 0 Å². The third kappa shape index (κ3) is 14.2. The van der Waals surface area contributed by atoms with Gasteiger partial charge in [-0.3, -0.25) is 9.59 Å². The molecule has 0 aliphatic rings. The minimum absolute atomic E-state index is 0.127. The predicted octanol–water partition coefficient (Wildman–Crippen LogP) is 3.71. The quantitative estimate of drug-likeness (QED) is 0.185. The van der Waals surface area contributed by atoms with E-state index in [0.29, 0.717) is 32.1 Å². The Bertz CT molecular complexity index is 565. The zero-order chi connectivity index (χ0) is 24.2. The lowest BCUT2D eigenvalue weighted by Gasteiger charge is -2.15. The summed E-state index contributed by atoms with van der Waals surface area (Å²) in [5, 5.41) is 0. The van der Waals surface area contributed by atoms with Gasteiger partial charge in [0, 0.05) is 26.7 Å². The van der Waals surface area contributed by atoms with Crippen LogP contribution < -0.4 is 0 Å². The van der Waals surface area contributed by atoms with E-state index in [4.69, 9.17) is 0 Å². The number of alkyl halides is 6. The molecule has 14 heteroatoms. The van der Waals surface area contributed by atoms with Crippen LogP contribution in [0.2, 0.25) is 0 Å². The molecule has 180 valence electrons. The van der Waals surface area contributed by atoms with E-state index in [-0.39, 0.29) is 12.8 Å². The summed E-state index contributed by atoms with van der Waals surface area (Å²) in [5.41, 5.74) is 0. The average Bonchev–Trinajstić information content (AvgIpc) is 2.58. The van der Waals surface area contributed by atoms with Gasteiger partial charge in [-0.15, -0.1) is 0 Å². The molecular formula is C17H22F6O8. The van der Waals surface area contributed by atoms with E-state index in [2.05, 4.69) is 18.9 Å². The summed E-state index contributed by atoms with van der Waals surface area (Å²) in [5.74, 6) is -6.65. The molecular weight excluding hydrogens is 446 g/mol. The second-order valence-electron chi connectivity index (χ2n) is 6.19. The van der Waals surface area contributed by atoms with Gasteiger partial charge in [0.25, 0.3) is 0 Å². The van der Waals surface area contributed by atoms with Crippen molar-refractivity contribution in [3.8, 4) is 0 Å². The van der Waals surface area contributed by atoms with Crippen LogP contribution in [0.15, 0.2) is 0 Å². The van der Waals surface area contributed by atoms with E-state index in [1.165, 1.54) is 0 Å². The predicted molar refractivity (Wildman–Crippen MR) is 87.7 cm³/mol. The number of carbonyl (C=O) groups excluding carboxylic acids is 4. The first-order valence-corrected chi connectivity index (χ1v) is 9.07. The molecule has 0 N–H and O–H groups in total. The SMILES string of the molecule is CC(OC(=O)CCCCCCCC(=O)OC(C)OC(=O)C(F)(F)F)OC(=O)C(F)(F)F. The molecule has 0 aromatic rings. The van der Waals surface area contributed by atoms with Gasteiger partial charge >= 0.3 is 36.2 Å². The Labute approximate surface area is 173 Å². The largest absolute Gasteiger partial charge is 0.491 e. The van der Waals surface area contributed by atoms with Crippen LogP contribution >= 0.6 is 0 Å². The highest BCUT2D eigenvalue weighted by Crippen LogP contribution is 2.19. The minimum Gasteiger partial charge on any atom is -0.425 e. The molecule has 0 saturated carbocycles. The number of unbranched alkanes of at least 4 members (excludes halogenated alkanes) is 4. The van der Waals surface area contributed by atoms with Gasteiger partial charge in [0.2, 0.25) is 12.6 Å². The molecule has 0 radical (unpaired) electrons. The van der Waals surface area contributed by atoms with E-state index in [1.807, 2.05) is 0 Å². The number of esters is 4. The summed E-state index contributed by atoms with van der Waals surface area (Å²) < 4.78 is 88.8. The molecule has 0 heterocycles. The topological polar surface area (TPSA) is 105 Å². The van der Waals surface area contributed by atoms with Gasteiger partial charge in [0.15, 0.2) is 0 Å². The first kappa shape index (κ1) is 28.5. The number of halogens is 6. The van der Waals surface area contributed by atoms with Crippen molar-refractivity contribution in [1.82, 2.24) is 0 Å². The van der Waals surface area contributed by atoms with Gasteiger partial charge in [-0.25, -0.2) is 9.59 Å². The Morgan fingerprint density at radius 1 is 0.581 bits per heavy atom. The number of carbonyl (C=O) groups is 4. The summed E-state index contributed by atoms with van der Waals surface area (Å²) in [7, 11) is 0. The molecule has 0 fully saturated rings. The van der Waals surface area contributed by atoms with Crippen molar-refractivity contribution >= 4 is 23.9 Å². The monoisotopic (exact) mass is 468 g/mol. The third-order valence-electron chi connectivity index (χ3n) is 3.37. The van der Waals surface area contributed by atoms with Crippen molar-refractivity contribution in [2.24, 2.45) is 0 Å². The van der Waals surface area contributed by atoms with Crippen LogP contribution in [0.3, 0.4) is 0 Å². The lowest BCUT2D eigenvalue weighted by atomic mass is 10.1. The van der Waals surface area contributed by atoms with Crippen molar-refractivity contribution in [3.63, 3.8) is 0 Å². The maximum Gasteiger partial charge on any atom is 0.491 e. The Morgan fingerprint density at radius 3 is 1.16 bits per heavy atom. The van der Waals surface area contributed by atoms with Gasteiger partial charge in [-0.2, -0.15) is 26.3 Å². The molecule has 0 bridgehead atoms. The fourth-order valence-corrected chi connectivity index (χ4v) is 2.04. The fraction of sp³-hybridized carbons (Fsp3) is 0.765. The highest BCUT2D eigenvalue weighted by Gasteiger charge is 2.43. The van der Waals surface area contributed by atoms with Gasteiger partial charge in [-0.05, 0) is 12.8 Å². The van der Waals surface area contributed by atoms with Crippen molar-refractivity contribution < 1.29 is 64.5 Å². The number of ether oxygens (including phenoxy) is 4. The van der Waals surface area contributed by atoms with Gasteiger partial charge in [-0.1, -0.05) is 19.3 Å². The Balaban J connectivity index is 3.82. The molecule has 0 aliphatic carbocycles. The van der Waals surface area contributed by atoms with E-state index in [0.717, 1.165) is 13.8 Å². The van der Waals surface area contributed by atoms with Crippen LogP contribution in [0.4, 0.5) is 26.3 Å². The van der Waals surface area contributed by atoms with Crippen molar-refractivity contribution in [3.05, 3.63) is 0 Å². The minimum atomic E-state index is -5.20. The Morgan fingerprint density at radius 2 is 0.871 bits per heavy atom. The van der Waals surface area contributed by atoms with Crippen molar-refractivity contribution in [2.45, 2.75) is 83.7 Å². The molecule has 31 heavy (non-hydrogen) atoms. The number of hydrogen-bond acceptors (Lipinski definition) is 8. The van der Waals surface area contributed by atoms with Crippen LogP contribution in [-0.4, -0.2) is 48.8 Å². The van der Waals surface area contributed by atoms with Crippen LogP contribution in [0.5, 0.6) is 0 Å². The smallest absolute Gasteiger partial charge is 0.425 e. The summed E-state index contributed by atoms with van der Waals surface area (Å²) in [6, 6.07) is 0. The number of hydrogen-bond donors (Lipinski definition) is 0. The summed E-state index contributed by atoms with van der Waals surface area (Å²) in [4.78, 5) is 44.0.